The SMILES string of the molecule is CCNC(=NCC1CN(C)CCO1)Nc1ccc(OC)c(OCC)c1. The Morgan fingerprint density at radius 2 is 2.20 bits per heavy atom. The molecule has 0 amide bonds. The average molecular weight is 350 g/mol. The molecule has 0 bridgehead atoms. The topological polar surface area (TPSA) is 67.4 Å². The van der Waals surface area contributed by atoms with Gasteiger partial charge in [0.1, 0.15) is 0 Å². The summed E-state index contributed by atoms with van der Waals surface area (Å²) in [5.74, 6) is 2.16. The van der Waals surface area contributed by atoms with Crippen LogP contribution in [-0.2, 0) is 4.74 Å². The number of aliphatic imine (C=N–C) groups is 1. The summed E-state index contributed by atoms with van der Waals surface area (Å²) in [5.41, 5.74) is 0.894. The number of anilines is 1. The highest BCUT2D eigenvalue weighted by Gasteiger charge is 2.17. The molecule has 1 aromatic carbocycles. The zero-order chi connectivity index (χ0) is 18.1. The summed E-state index contributed by atoms with van der Waals surface area (Å²) in [7, 11) is 3.74. The third-order valence-electron chi connectivity index (χ3n) is 3.87. The molecule has 0 aromatic heterocycles. The van der Waals surface area contributed by atoms with Gasteiger partial charge in [0.25, 0.3) is 0 Å². The van der Waals surface area contributed by atoms with E-state index in [0.29, 0.717) is 24.7 Å². The van der Waals surface area contributed by atoms with Crippen LogP contribution < -0.4 is 20.1 Å². The lowest BCUT2D eigenvalue weighted by Crippen LogP contribution is -2.42. The minimum atomic E-state index is 0.129. The molecule has 7 nitrogen and oxygen atoms in total. The maximum absolute atomic E-state index is 5.77. The van der Waals surface area contributed by atoms with Crippen molar-refractivity contribution >= 4 is 11.6 Å². The molecule has 1 atom stereocenters. The highest BCUT2D eigenvalue weighted by Crippen LogP contribution is 2.30. The number of hydrogen-bond acceptors (Lipinski definition) is 5. The van der Waals surface area contributed by atoms with Gasteiger partial charge >= 0.3 is 0 Å². The van der Waals surface area contributed by atoms with Crippen LogP contribution in [0, 0.1) is 0 Å². The summed E-state index contributed by atoms with van der Waals surface area (Å²) in [6, 6.07) is 5.75. The molecule has 0 saturated carbocycles. The summed E-state index contributed by atoms with van der Waals surface area (Å²) >= 11 is 0. The van der Waals surface area contributed by atoms with Crippen LogP contribution in [-0.4, -0.2) is 70.5 Å². The van der Waals surface area contributed by atoms with E-state index >= 15 is 0 Å². The average Bonchev–Trinajstić information content (AvgIpc) is 2.60. The summed E-state index contributed by atoms with van der Waals surface area (Å²) < 4.78 is 16.7. The van der Waals surface area contributed by atoms with Gasteiger partial charge in [-0.05, 0) is 33.0 Å². The van der Waals surface area contributed by atoms with Gasteiger partial charge in [0.05, 0.1) is 33.0 Å². The van der Waals surface area contributed by atoms with Crippen LogP contribution in [0.2, 0.25) is 0 Å². The number of ether oxygens (including phenoxy) is 3. The van der Waals surface area contributed by atoms with Gasteiger partial charge in [-0.2, -0.15) is 0 Å². The number of nitrogens with one attached hydrogen (secondary N) is 2. The Morgan fingerprint density at radius 1 is 1.36 bits per heavy atom. The number of likely N-dealkylation sites (N-methyl/N-ethyl adjacent to an activating group) is 1. The maximum Gasteiger partial charge on any atom is 0.195 e. The van der Waals surface area contributed by atoms with Crippen LogP contribution in [0.1, 0.15) is 13.8 Å². The highest BCUT2D eigenvalue weighted by molar-refractivity contribution is 5.93. The minimum Gasteiger partial charge on any atom is -0.493 e. The van der Waals surface area contributed by atoms with Gasteiger partial charge in [0.2, 0.25) is 0 Å². The molecule has 2 N–H and O–H groups in total. The van der Waals surface area contributed by atoms with E-state index in [1.165, 1.54) is 0 Å². The van der Waals surface area contributed by atoms with Gasteiger partial charge in [-0.1, -0.05) is 0 Å². The van der Waals surface area contributed by atoms with Crippen molar-refractivity contribution < 1.29 is 14.2 Å². The normalized spacial score (nSPS) is 18.7. The smallest absolute Gasteiger partial charge is 0.195 e. The summed E-state index contributed by atoms with van der Waals surface area (Å²) in [6.07, 6.45) is 0.129. The molecule has 1 heterocycles. The van der Waals surface area contributed by atoms with Crippen molar-refractivity contribution in [2.75, 3.05) is 58.9 Å². The standard InChI is InChI=1S/C18H30N4O3/c1-5-19-18(20-12-15-13-22(3)9-10-25-15)21-14-7-8-16(23-4)17(11-14)24-6-2/h7-8,11,15H,5-6,9-10,12-13H2,1-4H3,(H2,19,20,21). The lowest BCUT2D eigenvalue weighted by molar-refractivity contribution is -0.0136. The minimum absolute atomic E-state index is 0.129. The molecule has 25 heavy (non-hydrogen) atoms. The van der Waals surface area contributed by atoms with Gasteiger partial charge in [-0.25, -0.2) is 0 Å². The second kappa shape index (κ2) is 10.1. The molecular weight excluding hydrogens is 320 g/mol. The van der Waals surface area contributed by atoms with E-state index < -0.39 is 0 Å². The Balaban J connectivity index is 2.04. The van der Waals surface area contributed by atoms with E-state index in [9.17, 15) is 0 Å². The number of nitrogens with zero attached hydrogens (tertiary/aromatic N) is 2. The van der Waals surface area contributed by atoms with Crippen LogP contribution in [0.15, 0.2) is 23.2 Å². The van der Waals surface area contributed by atoms with E-state index in [0.717, 1.165) is 37.9 Å². The van der Waals surface area contributed by atoms with Gasteiger partial charge in [0, 0.05) is 31.4 Å². The fraction of sp³-hybridized carbons (Fsp3) is 0.611. The molecule has 140 valence electrons. The predicted molar refractivity (Wildman–Crippen MR) is 101 cm³/mol. The summed E-state index contributed by atoms with van der Waals surface area (Å²) in [6.45, 7) is 8.62. The first-order valence-corrected chi connectivity index (χ1v) is 8.82. The highest BCUT2D eigenvalue weighted by atomic mass is 16.5. The Kier molecular flexibility index (Phi) is 7.81. The Morgan fingerprint density at radius 3 is 2.88 bits per heavy atom. The summed E-state index contributed by atoms with van der Waals surface area (Å²) in [5, 5.41) is 6.57. The number of rotatable bonds is 7. The largest absolute Gasteiger partial charge is 0.493 e. The van der Waals surface area contributed by atoms with Crippen LogP contribution in [0.25, 0.3) is 0 Å². The van der Waals surface area contributed by atoms with Crippen molar-refractivity contribution in [1.29, 1.82) is 0 Å². The molecular formula is C18H30N4O3. The van der Waals surface area contributed by atoms with E-state index in [4.69, 9.17) is 14.2 Å². The fourth-order valence-electron chi connectivity index (χ4n) is 2.64. The Bertz CT molecular complexity index is 565. The van der Waals surface area contributed by atoms with Crippen LogP contribution in [0.5, 0.6) is 11.5 Å². The molecule has 2 rings (SSSR count). The third kappa shape index (κ3) is 6.10. The zero-order valence-corrected chi connectivity index (χ0v) is 15.7. The second-order valence-corrected chi connectivity index (χ2v) is 5.90. The molecule has 0 spiro atoms. The lowest BCUT2D eigenvalue weighted by Gasteiger charge is -2.29. The van der Waals surface area contributed by atoms with E-state index in [2.05, 4.69) is 27.6 Å². The van der Waals surface area contributed by atoms with Crippen LogP contribution >= 0.6 is 0 Å². The zero-order valence-electron chi connectivity index (χ0n) is 15.7. The van der Waals surface area contributed by atoms with Gasteiger partial charge < -0.3 is 29.7 Å². The molecule has 1 aromatic rings. The van der Waals surface area contributed by atoms with Crippen molar-refractivity contribution in [1.82, 2.24) is 10.2 Å². The quantitative estimate of drug-likeness (QED) is 0.577. The van der Waals surface area contributed by atoms with Gasteiger partial charge in [-0.15, -0.1) is 0 Å². The Labute approximate surface area is 150 Å². The van der Waals surface area contributed by atoms with E-state index in [1.54, 1.807) is 7.11 Å². The van der Waals surface area contributed by atoms with E-state index in [1.807, 2.05) is 32.0 Å². The molecule has 0 aliphatic carbocycles. The number of benzene rings is 1. The number of guanidine groups is 1. The van der Waals surface area contributed by atoms with Crippen molar-refractivity contribution in [3.05, 3.63) is 18.2 Å². The molecule has 1 aliphatic rings. The lowest BCUT2D eigenvalue weighted by atomic mass is 10.2. The molecule has 7 heteroatoms. The first-order chi connectivity index (χ1) is 12.2. The van der Waals surface area contributed by atoms with Crippen molar-refractivity contribution in [3.63, 3.8) is 0 Å². The third-order valence-corrected chi connectivity index (χ3v) is 3.87. The van der Waals surface area contributed by atoms with Crippen molar-refractivity contribution in [2.45, 2.75) is 20.0 Å². The first-order valence-electron chi connectivity index (χ1n) is 8.82. The van der Waals surface area contributed by atoms with Gasteiger partial charge in [0.15, 0.2) is 17.5 Å². The number of morpholine rings is 1. The summed E-state index contributed by atoms with van der Waals surface area (Å²) in [4.78, 5) is 6.92. The molecule has 1 saturated heterocycles. The fourth-order valence-corrected chi connectivity index (χ4v) is 2.64. The van der Waals surface area contributed by atoms with Crippen LogP contribution in [0.4, 0.5) is 5.69 Å². The number of methoxy groups -OCH3 is 1. The van der Waals surface area contributed by atoms with E-state index in [-0.39, 0.29) is 6.10 Å². The Hall–Kier alpha value is -1.99. The molecule has 1 aliphatic heterocycles. The second-order valence-electron chi connectivity index (χ2n) is 5.90. The van der Waals surface area contributed by atoms with Crippen LogP contribution in [0.3, 0.4) is 0 Å². The maximum atomic E-state index is 5.77. The predicted octanol–water partition coefficient (Wildman–Crippen LogP) is 1.80. The van der Waals surface area contributed by atoms with Gasteiger partial charge in [-0.3, -0.25) is 4.99 Å². The molecule has 1 unspecified atom stereocenters. The monoisotopic (exact) mass is 350 g/mol. The first kappa shape index (κ1) is 19.3. The molecule has 1 fully saturated rings. The van der Waals surface area contributed by atoms with Crippen molar-refractivity contribution in [3.8, 4) is 11.5 Å². The van der Waals surface area contributed by atoms with Crippen molar-refractivity contribution in [2.24, 2.45) is 4.99 Å². The number of hydrogen-bond donors (Lipinski definition) is 2. The molecule has 0 radical (unpaired) electrons.